The molecule has 0 saturated carbocycles. The number of piperazine rings is 1. The first kappa shape index (κ1) is 23.1. The van der Waals surface area contributed by atoms with Crippen molar-refractivity contribution in [3.05, 3.63) is 41.1 Å². The molecule has 0 bridgehead atoms. The summed E-state index contributed by atoms with van der Waals surface area (Å²) in [6.45, 7) is 4.65. The smallest absolute Gasteiger partial charge is 0.337 e. The molecule has 0 radical (unpaired) electrons. The van der Waals surface area contributed by atoms with Crippen LogP contribution in [-0.2, 0) is 19.6 Å². The number of ether oxygens (including phenoxy) is 1. The van der Waals surface area contributed by atoms with Crippen LogP contribution in [0.1, 0.15) is 13.8 Å². The number of carbonyl (C=O) groups excluding carboxylic acids is 2. The second-order valence-corrected chi connectivity index (χ2v) is 9.13. The third kappa shape index (κ3) is 5.02. The van der Waals surface area contributed by atoms with Crippen molar-refractivity contribution in [2.75, 3.05) is 39.3 Å². The molecule has 31 heavy (non-hydrogen) atoms. The van der Waals surface area contributed by atoms with Gasteiger partial charge in [0.2, 0.25) is 10.0 Å². The van der Waals surface area contributed by atoms with E-state index in [0.29, 0.717) is 30.4 Å². The van der Waals surface area contributed by atoms with E-state index in [1.54, 1.807) is 13.8 Å². The SMILES string of the molecule is CCOC(=O)C1=C(CN2CCN(S(=O)(=O)c3ccc(F)c(F)c3)CC2)NC(=O)N[C@@H]1C. The molecule has 3 rings (SSSR count). The Labute approximate surface area is 179 Å². The van der Waals surface area contributed by atoms with E-state index in [1.807, 2.05) is 4.90 Å². The summed E-state index contributed by atoms with van der Waals surface area (Å²) < 4.78 is 58.3. The third-order valence-electron chi connectivity index (χ3n) is 5.11. The number of benzene rings is 1. The monoisotopic (exact) mass is 458 g/mol. The summed E-state index contributed by atoms with van der Waals surface area (Å²) in [7, 11) is -3.97. The zero-order valence-electron chi connectivity index (χ0n) is 17.2. The predicted molar refractivity (Wildman–Crippen MR) is 106 cm³/mol. The molecule has 0 unspecified atom stereocenters. The average Bonchev–Trinajstić information content (AvgIpc) is 2.70. The average molecular weight is 458 g/mol. The normalized spacial score (nSPS) is 20.9. The van der Waals surface area contributed by atoms with E-state index >= 15 is 0 Å². The number of nitrogens with one attached hydrogen (secondary N) is 2. The van der Waals surface area contributed by atoms with Crippen LogP contribution in [-0.4, -0.2) is 75.0 Å². The molecule has 2 aliphatic heterocycles. The minimum absolute atomic E-state index is 0.116. The molecule has 0 aliphatic carbocycles. The molecule has 9 nitrogen and oxygen atoms in total. The lowest BCUT2D eigenvalue weighted by molar-refractivity contribution is -0.139. The van der Waals surface area contributed by atoms with Gasteiger partial charge in [-0.25, -0.2) is 26.8 Å². The largest absolute Gasteiger partial charge is 0.463 e. The Morgan fingerprint density at radius 2 is 1.87 bits per heavy atom. The van der Waals surface area contributed by atoms with Gasteiger partial charge in [-0.3, -0.25) is 4.90 Å². The number of urea groups is 1. The number of hydrogen-bond acceptors (Lipinski definition) is 6. The number of nitrogens with zero attached hydrogens (tertiary/aromatic N) is 2. The van der Waals surface area contributed by atoms with Gasteiger partial charge in [0.15, 0.2) is 11.6 Å². The first-order valence-corrected chi connectivity index (χ1v) is 11.2. The van der Waals surface area contributed by atoms with Crippen molar-refractivity contribution in [2.45, 2.75) is 24.8 Å². The van der Waals surface area contributed by atoms with E-state index < -0.39 is 39.7 Å². The van der Waals surface area contributed by atoms with E-state index in [0.717, 1.165) is 12.1 Å². The van der Waals surface area contributed by atoms with Gasteiger partial charge >= 0.3 is 12.0 Å². The Hall–Kier alpha value is -2.57. The van der Waals surface area contributed by atoms with Crippen molar-refractivity contribution >= 4 is 22.0 Å². The highest BCUT2D eigenvalue weighted by Gasteiger charge is 2.33. The van der Waals surface area contributed by atoms with Gasteiger partial charge in [0.25, 0.3) is 0 Å². The molecule has 2 heterocycles. The number of esters is 1. The Kier molecular flexibility index (Phi) is 6.92. The van der Waals surface area contributed by atoms with Crippen LogP contribution in [0.3, 0.4) is 0 Å². The molecule has 12 heteroatoms. The zero-order chi connectivity index (χ0) is 22.8. The van der Waals surface area contributed by atoms with Gasteiger partial charge in [-0.2, -0.15) is 4.31 Å². The lowest BCUT2D eigenvalue weighted by Gasteiger charge is -2.36. The summed E-state index contributed by atoms with van der Waals surface area (Å²) in [4.78, 5) is 25.8. The number of carbonyl (C=O) groups is 2. The summed E-state index contributed by atoms with van der Waals surface area (Å²) in [5.41, 5.74) is 0.727. The summed E-state index contributed by atoms with van der Waals surface area (Å²) >= 11 is 0. The van der Waals surface area contributed by atoms with Gasteiger partial charge in [-0.05, 0) is 32.0 Å². The van der Waals surface area contributed by atoms with Crippen molar-refractivity contribution in [2.24, 2.45) is 0 Å². The number of rotatable bonds is 6. The zero-order valence-corrected chi connectivity index (χ0v) is 18.0. The summed E-state index contributed by atoms with van der Waals surface area (Å²) in [6.07, 6.45) is 0. The predicted octanol–water partition coefficient (Wildman–Crippen LogP) is 0.790. The molecule has 2 N–H and O–H groups in total. The van der Waals surface area contributed by atoms with E-state index in [-0.39, 0.29) is 31.1 Å². The van der Waals surface area contributed by atoms with Crippen molar-refractivity contribution in [3.8, 4) is 0 Å². The van der Waals surface area contributed by atoms with E-state index in [1.165, 1.54) is 4.31 Å². The van der Waals surface area contributed by atoms with Gasteiger partial charge in [0, 0.05) is 38.4 Å². The maximum absolute atomic E-state index is 13.5. The van der Waals surface area contributed by atoms with E-state index in [4.69, 9.17) is 4.74 Å². The van der Waals surface area contributed by atoms with Crippen molar-refractivity contribution in [1.29, 1.82) is 0 Å². The fourth-order valence-electron chi connectivity index (χ4n) is 3.54. The molecule has 2 aliphatic rings. The summed E-state index contributed by atoms with van der Waals surface area (Å²) in [5, 5.41) is 5.26. The van der Waals surface area contributed by atoms with Crippen LogP contribution < -0.4 is 10.6 Å². The molecule has 1 saturated heterocycles. The molecule has 1 aromatic rings. The lowest BCUT2D eigenvalue weighted by atomic mass is 10.0. The van der Waals surface area contributed by atoms with Crippen LogP contribution in [0.2, 0.25) is 0 Å². The second kappa shape index (κ2) is 9.28. The van der Waals surface area contributed by atoms with Gasteiger partial charge in [-0.1, -0.05) is 0 Å². The van der Waals surface area contributed by atoms with Gasteiger partial charge < -0.3 is 15.4 Å². The maximum Gasteiger partial charge on any atom is 0.337 e. The summed E-state index contributed by atoms with van der Waals surface area (Å²) in [6, 6.07) is 1.51. The van der Waals surface area contributed by atoms with Crippen LogP contribution in [0, 0.1) is 11.6 Å². The first-order valence-electron chi connectivity index (χ1n) is 9.78. The Balaban J connectivity index is 1.71. The molecule has 1 aromatic carbocycles. The van der Waals surface area contributed by atoms with Crippen LogP contribution in [0.25, 0.3) is 0 Å². The van der Waals surface area contributed by atoms with Crippen molar-refractivity contribution < 1.29 is 31.5 Å². The molecule has 1 atom stereocenters. The molecule has 2 amide bonds. The molecular weight excluding hydrogens is 434 g/mol. The molecule has 0 aromatic heterocycles. The summed E-state index contributed by atoms with van der Waals surface area (Å²) in [5.74, 6) is -2.88. The number of amides is 2. The van der Waals surface area contributed by atoms with E-state index in [2.05, 4.69) is 10.6 Å². The van der Waals surface area contributed by atoms with Crippen molar-refractivity contribution in [3.63, 3.8) is 0 Å². The van der Waals surface area contributed by atoms with Crippen molar-refractivity contribution in [1.82, 2.24) is 19.8 Å². The first-order chi connectivity index (χ1) is 14.6. The fraction of sp³-hybridized carbons (Fsp3) is 0.474. The Morgan fingerprint density at radius 3 is 2.48 bits per heavy atom. The van der Waals surface area contributed by atoms with Crippen LogP contribution in [0.4, 0.5) is 13.6 Å². The quantitative estimate of drug-likeness (QED) is 0.611. The fourth-order valence-corrected chi connectivity index (χ4v) is 4.98. The van der Waals surface area contributed by atoms with Gasteiger partial charge in [-0.15, -0.1) is 0 Å². The molecule has 0 spiro atoms. The number of sulfonamides is 1. The van der Waals surface area contributed by atoms with Crippen LogP contribution in [0.15, 0.2) is 34.4 Å². The number of hydrogen-bond donors (Lipinski definition) is 2. The van der Waals surface area contributed by atoms with Crippen LogP contribution >= 0.6 is 0 Å². The van der Waals surface area contributed by atoms with Gasteiger partial charge in [0.05, 0.1) is 23.1 Å². The third-order valence-corrected chi connectivity index (χ3v) is 7.00. The molecule has 1 fully saturated rings. The highest BCUT2D eigenvalue weighted by Crippen LogP contribution is 2.21. The Morgan fingerprint density at radius 1 is 1.19 bits per heavy atom. The van der Waals surface area contributed by atoms with E-state index in [9.17, 15) is 26.8 Å². The second-order valence-electron chi connectivity index (χ2n) is 7.19. The maximum atomic E-state index is 13.5. The minimum atomic E-state index is -3.97. The minimum Gasteiger partial charge on any atom is -0.463 e. The molecular formula is C19H24F2N4O5S. The Bertz CT molecular complexity index is 1010. The van der Waals surface area contributed by atoms with Crippen LogP contribution in [0.5, 0.6) is 0 Å². The highest BCUT2D eigenvalue weighted by atomic mass is 32.2. The topological polar surface area (TPSA) is 108 Å². The lowest BCUT2D eigenvalue weighted by Crippen LogP contribution is -2.54. The number of halogens is 2. The standard InChI is InChI=1S/C19H24F2N4O5S/c1-3-30-18(26)17-12(2)22-19(27)23-16(17)11-24-6-8-25(9-7-24)31(28,29)13-4-5-14(20)15(21)10-13/h4-5,10,12H,3,6-9,11H2,1-2H3,(H2,22,23,27)/t12-/m1/s1. The highest BCUT2D eigenvalue weighted by molar-refractivity contribution is 7.89. The molecule has 170 valence electrons. The van der Waals surface area contributed by atoms with Gasteiger partial charge in [0.1, 0.15) is 0 Å².